The minimum atomic E-state index is -3.76. The number of nitrogens with two attached hydrogens (primary N) is 1. The van der Waals surface area contributed by atoms with E-state index in [9.17, 15) is 18.0 Å². The van der Waals surface area contributed by atoms with Gasteiger partial charge in [-0.25, -0.2) is 8.42 Å². The Morgan fingerprint density at radius 2 is 2.04 bits per heavy atom. The quantitative estimate of drug-likeness (QED) is 0.587. The van der Waals surface area contributed by atoms with Crippen LogP contribution in [0.5, 0.6) is 0 Å². The zero-order chi connectivity index (χ0) is 19.2. The standard InChI is InChI=1S/C17H26N4O4S/c1-2-3-4-14(11-18)20-17(23)13-5-7-15(8-6-13)26(24,25)21-10-9-19-16(22)12-21/h5-8,14H,2-4,9-12,18H2,1H3,(H,19,22)(H,20,23). The van der Waals surface area contributed by atoms with Gasteiger partial charge >= 0.3 is 0 Å². The maximum atomic E-state index is 12.6. The van der Waals surface area contributed by atoms with Crippen LogP contribution in [0.15, 0.2) is 29.2 Å². The van der Waals surface area contributed by atoms with Gasteiger partial charge in [0.1, 0.15) is 0 Å². The third-order valence-corrected chi connectivity index (χ3v) is 6.14. The lowest BCUT2D eigenvalue weighted by atomic mass is 10.1. The molecule has 1 fully saturated rings. The number of benzene rings is 1. The lowest BCUT2D eigenvalue weighted by molar-refractivity contribution is -0.122. The summed E-state index contributed by atoms with van der Waals surface area (Å²) in [5.41, 5.74) is 6.05. The summed E-state index contributed by atoms with van der Waals surface area (Å²) >= 11 is 0. The summed E-state index contributed by atoms with van der Waals surface area (Å²) in [6, 6.07) is 5.62. The summed E-state index contributed by atoms with van der Waals surface area (Å²) in [5.74, 6) is -0.603. The monoisotopic (exact) mass is 382 g/mol. The largest absolute Gasteiger partial charge is 0.354 e. The fourth-order valence-corrected chi connectivity index (χ4v) is 4.11. The Hall–Kier alpha value is -1.97. The molecule has 1 unspecified atom stereocenters. The number of carbonyl (C=O) groups is 2. The highest BCUT2D eigenvalue weighted by atomic mass is 32.2. The Labute approximate surface area is 154 Å². The molecule has 1 atom stereocenters. The van der Waals surface area contributed by atoms with E-state index in [4.69, 9.17) is 5.73 Å². The van der Waals surface area contributed by atoms with Gasteiger partial charge in [0.15, 0.2) is 0 Å². The second-order valence-electron chi connectivity index (χ2n) is 6.26. The van der Waals surface area contributed by atoms with Crippen LogP contribution in [0.2, 0.25) is 0 Å². The highest BCUT2D eigenvalue weighted by Gasteiger charge is 2.29. The van der Waals surface area contributed by atoms with Crippen LogP contribution in [0.1, 0.15) is 36.5 Å². The van der Waals surface area contributed by atoms with Crippen molar-refractivity contribution in [3.63, 3.8) is 0 Å². The van der Waals surface area contributed by atoms with Crippen molar-refractivity contribution >= 4 is 21.8 Å². The summed E-state index contributed by atoms with van der Waals surface area (Å²) in [6.45, 7) is 2.75. The first-order valence-corrected chi connectivity index (χ1v) is 10.2. The SMILES string of the molecule is CCCCC(CN)NC(=O)c1ccc(S(=O)(=O)N2CCNC(=O)C2)cc1. The molecule has 0 saturated carbocycles. The molecule has 0 radical (unpaired) electrons. The third kappa shape index (κ3) is 5.03. The molecule has 2 rings (SSSR count). The van der Waals surface area contributed by atoms with Gasteiger partial charge in [-0.05, 0) is 30.7 Å². The van der Waals surface area contributed by atoms with Crippen LogP contribution in [-0.2, 0) is 14.8 Å². The first kappa shape index (κ1) is 20.3. The molecule has 2 amide bonds. The predicted octanol–water partition coefficient (Wildman–Crippen LogP) is 0.0544. The molecule has 1 aromatic rings. The second-order valence-corrected chi connectivity index (χ2v) is 8.20. The maximum absolute atomic E-state index is 12.6. The normalized spacial score (nSPS) is 16.8. The zero-order valence-electron chi connectivity index (χ0n) is 14.9. The van der Waals surface area contributed by atoms with E-state index in [1.54, 1.807) is 0 Å². The van der Waals surface area contributed by atoms with E-state index in [1.165, 1.54) is 24.3 Å². The molecule has 1 aliphatic heterocycles. The number of nitrogens with zero attached hydrogens (tertiary/aromatic N) is 1. The van der Waals surface area contributed by atoms with Crippen LogP contribution >= 0.6 is 0 Å². The van der Waals surface area contributed by atoms with E-state index in [2.05, 4.69) is 17.6 Å². The van der Waals surface area contributed by atoms with E-state index in [-0.39, 0.29) is 42.4 Å². The molecule has 144 valence electrons. The molecule has 0 bridgehead atoms. The van der Waals surface area contributed by atoms with Gasteiger partial charge in [-0.15, -0.1) is 0 Å². The Bertz CT molecular complexity index is 734. The van der Waals surface area contributed by atoms with Crippen molar-refractivity contribution in [1.29, 1.82) is 0 Å². The Balaban J connectivity index is 2.07. The van der Waals surface area contributed by atoms with E-state index >= 15 is 0 Å². The van der Waals surface area contributed by atoms with Crippen molar-refractivity contribution in [2.75, 3.05) is 26.2 Å². The predicted molar refractivity (Wildman–Crippen MR) is 98.0 cm³/mol. The van der Waals surface area contributed by atoms with Crippen LogP contribution in [0.4, 0.5) is 0 Å². The number of amides is 2. The van der Waals surface area contributed by atoms with Crippen molar-refractivity contribution in [2.24, 2.45) is 5.73 Å². The van der Waals surface area contributed by atoms with Crippen LogP contribution < -0.4 is 16.4 Å². The Kier molecular flexibility index (Phi) is 7.13. The lowest BCUT2D eigenvalue weighted by Gasteiger charge is -2.25. The number of unbranched alkanes of at least 4 members (excludes halogenated alkanes) is 1. The van der Waals surface area contributed by atoms with Crippen LogP contribution in [0.3, 0.4) is 0 Å². The maximum Gasteiger partial charge on any atom is 0.251 e. The third-order valence-electron chi connectivity index (χ3n) is 4.28. The number of nitrogens with one attached hydrogen (secondary N) is 2. The minimum absolute atomic E-state index is 0.0603. The van der Waals surface area contributed by atoms with E-state index in [0.717, 1.165) is 23.6 Å². The lowest BCUT2D eigenvalue weighted by Crippen LogP contribution is -2.49. The highest BCUT2D eigenvalue weighted by molar-refractivity contribution is 7.89. The Morgan fingerprint density at radius 3 is 2.62 bits per heavy atom. The van der Waals surface area contributed by atoms with Crippen molar-refractivity contribution in [3.8, 4) is 0 Å². The van der Waals surface area contributed by atoms with Crippen LogP contribution in [0, 0.1) is 0 Å². The second kappa shape index (κ2) is 9.11. The molecule has 8 nitrogen and oxygen atoms in total. The molecular weight excluding hydrogens is 356 g/mol. The zero-order valence-corrected chi connectivity index (χ0v) is 15.7. The van der Waals surface area contributed by atoms with E-state index < -0.39 is 10.0 Å². The van der Waals surface area contributed by atoms with Gasteiger partial charge in [0.25, 0.3) is 5.91 Å². The molecular formula is C17H26N4O4S. The average Bonchev–Trinajstić information content (AvgIpc) is 2.65. The number of sulfonamides is 1. The molecule has 1 heterocycles. The average molecular weight is 382 g/mol. The smallest absolute Gasteiger partial charge is 0.251 e. The van der Waals surface area contributed by atoms with Gasteiger partial charge < -0.3 is 16.4 Å². The summed E-state index contributed by atoms with van der Waals surface area (Å²) < 4.78 is 26.3. The van der Waals surface area contributed by atoms with Crippen molar-refractivity contribution in [2.45, 2.75) is 37.1 Å². The first-order valence-electron chi connectivity index (χ1n) is 8.76. The Morgan fingerprint density at radius 1 is 1.35 bits per heavy atom. The van der Waals surface area contributed by atoms with Crippen molar-refractivity contribution in [1.82, 2.24) is 14.9 Å². The van der Waals surface area contributed by atoms with Gasteiger partial charge in [0, 0.05) is 31.2 Å². The van der Waals surface area contributed by atoms with Crippen LogP contribution in [-0.4, -0.2) is 56.8 Å². The molecule has 0 aliphatic carbocycles. The van der Waals surface area contributed by atoms with Gasteiger partial charge in [-0.2, -0.15) is 4.31 Å². The van der Waals surface area contributed by atoms with E-state index in [0.29, 0.717) is 12.1 Å². The number of hydrogen-bond donors (Lipinski definition) is 3. The molecule has 0 aromatic heterocycles. The molecule has 1 aromatic carbocycles. The fraction of sp³-hybridized carbons (Fsp3) is 0.529. The summed E-state index contributed by atoms with van der Waals surface area (Å²) in [4.78, 5) is 23.8. The van der Waals surface area contributed by atoms with Crippen molar-refractivity contribution < 1.29 is 18.0 Å². The molecule has 26 heavy (non-hydrogen) atoms. The van der Waals surface area contributed by atoms with Gasteiger partial charge in [0.2, 0.25) is 15.9 Å². The molecule has 0 spiro atoms. The summed E-state index contributed by atoms with van der Waals surface area (Å²) in [7, 11) is -3.76. The number of rotatable bonds is 8. The van der Waals surface area contributed by atoms with Gasteiger partial charge in [0.05, 0.1) is 11.4 Å². The van der Waals surface area contributed by atoms with Gasteiger partial charge in [-0.1, -0.05) is 19.8 Å². The topological polar surface area (TPSA) is 122 Å². The van der Waals surface area contributed by atoms with Gasteiger partial charge in [-0.3, -0.25) is 9.59 Å². The highest BCUT2D eigenvalue weighted by Crippen LogP contribution is 2.17. The van der Waals surface area contributed by atoms with Crippen molar-refractivity contribution in [3.05, 3.63) is 29.8 Å². The molecule has 1 aliphatic rings. The van der Waals surface area contributed by atoms with E-state index in [1.807, 2.05) is 0 Å². The molecule has 4 N–H and O–H groups in total. The number of hydrogen-bond acceptors (Lipinski definition) is 5. The van der Waals surface area contributed by atoms with Crippen LogP contribution in [0.25, 0.3) is 0 Å². The number of piperazine rings is 1. The fourth-order valence-electron chi connectivity index (χ4n) is 2.72. The molecule has 9 heteroatoms. The minimum Gasteiger partial charge on any atom is -0.354 e. The first-order chi connectivity index (χ1) is 12.4. The summed E-state index contributed by atoms with van der Waals surface area (Å²) in [5, 5.41) is 5.46. The molecule has 1 saturated heterocycles. The number of carbonyl (C=O) groups excluding carboxylic acids is 2. The summed E-state index contributed by atoms with van der Waals surface area (Å²) in [6.07, 6.45) is 2.80.